The summed E-state index contributed by atoms with van der Waals surface area (Å²) in [4.78, 5) is 29.0. The standard InChI is InChI=1S/C23H25FN2O5/c1-25(2)16-8-5-14(6-9-16)20-19(22(28)23(29)26(20)11-12-30-3)21(27)17-13-15(24)7-10-18(17)31-4/h5-10,13,20,27H,11-12H2,1-4H3/b21-19+. The first-order valence-electron chi connectivity index (χ1n) is 9.68. The molecule has 1 amide bonds. The second-order valence-electron chi connectivity index (χ2n) is 7.32. The van der Waals surface area contributed by atoms with Gasteiger partial charge in [-0.1, -0.05) is 12.1 Å². The number of ketones is 1. The molecule has 1 unspecified atom stereocenters. The van der Waals surface area contributed by atoms with Crippen LogP contribution in [0.25, 0.3) is 5.76 Å². The number of nitrogens with zero attached hydrogens (tertiary/aromatic N) is 2. The lowest BCUT2D eigenvalue weighted by atomic mass is 9.94. The molecule has 1 N–H and O–H groups in total. The zero-order valence-corrected chi connectivity index (χ0v) is 17.9. The van der Waals surface area contributed by atoms with Crippen LogP contribution in [-0.4, -0.2) is 63.2 Å². The van der Waals surface area contributed by atoms with Crippen LogP contribution in [0.2, 0.25) is 0 Å². The van der Waals surface area contributed by atoms with Gasteiger partial charge in [0.15, 0.2) is 0 Å². The molecule has 3 rings (SSSR count). The topological polar surface area (TPSA) is 79.3 Å². The van der Waals surface area contributed by atoms with E-state index in [4.69, 9.17) is 9.47 Å². The number of hydrogen-bond donors (Lipinski definition) is 1. The Labute approximate surface area is 180 Å². The Kier molecular flexibility index (Phi) is 6.60. The first kappa shape index (κ1) is 22.3. The van der Waals surface area contributed by atoms with Crippen molar-refractivity contribution in [1.29, 1.82) is 0 Å². The molecular weight excluding hydrogens is 403 g/mol. The highest BCUT2D eigenvalue weighted by molar-refractivity contribution is 6.46. The van der Waals surface area contributed by atoms with E-state index >= 15 is 0 Å². The van der Waals surface area contributed by atoms with Crippen molar-refractivity contribution in [3.63, 3.8) is 0 Å². The van der Waals surface area contributed by atoms with Crippen molar-refractivity contribution in [3.8, 4) is 5.75 Å². The van der Waals surface area contributed by atoms with Crippen molar-refractivity contribution in [2.24, 2.45) is 0 Å². The summed E-state index contributed by atoms with van der Waals surface area (Å²) >= 11 is 0. The summed E-state index contributed by atoms with van der Waals surface area (Å²) in [6.45, 7) is 0.362. The summed E-state index contributed by atoms with van der Waals surface area (Å²) in [5.41, 5.74) is 1.45. The highest BCUT2D eigenvalue weighted by atomic mass is 19.1. The zero-order chi connectivity index (χ0) is 22.7. The van der Waals surface area contributed by atoms with Crippen LogP contribution in [0.4, 0.5) is 10.1 Å². The van der Waals surface area contributed by atoms with Crippen molar-refractivity contribution in [2.45, 2.75) is 6.04 Å². The van der Waals surface area contributed by atoms with Crippen molar-refractivity contribution in [2.75, 3.05) is 46.4 Å². The summed E-state index contributed by atoms with van der Waals surface area (Å²) in [5, 5.41) is 11.1. The monoisotopic (exact) mass is 428 g/mol. The van der Waals surface area contributed by atoms with Crippen LogP contribution >= 0.6 is 0 Å². The van der Waals surface area contributed by atoms with Gasteiger partial charge in [0.05, 0.1) is 30.9 Å². The first-order chi connectivity index (χ1) is 14.8. The Hall–Kier alpha value is -3.39. The smallest absolute Gasteiger partial charge is 0.295 e. The fraction of sp³-hybridized carbons (Fsp3) is 0.304. The van der Waals surface area contributed by atoms with Crippen molar-refractivity contribution in [1.82, 2.24) is 4.90 Å². The lowest BCUT2D eigenvalue weighted by Crippen LogP contribution is -2.32. The van der Waals surface area contributed by atoms with E-state index in [2.05, 4.69) is 0 Å². The Morgan fingerprint density at radius 3 is 2.39 bits per heavy atom. The van der Waals surface area contributed by atoms with Gasteiger partial charge in [-0.3, -0.25) is 9.59 Å². The number of methoxy groups -OCH3 is 2. The largest absolute Gasteiger partial charge is 0.507 e. The van der Waals surface area contributed by atoms with Gasteiger partial charge >= 0.3 is 0 Å². The number of rotatable bonds is 7. The number of aliphatic hydroxyl groups is 1. The van der Waals surface area contributed by atoms with Crippen LogP contribution in [0.15, 0.2) is 48.0 Å². The third-order valence-corrected chi connectivity index (χ3v) is 5.22. The molecule has 8 heteroatoms. The normalized spacial score (nSPS) is 17.8. The molecule has 0 aliphatic carbocycles. The van der Waals surface area contributed by atoms with Crippen LogP contribution in [0.5, 0.6) is 5.75 Å². The third kappa shape index (κ3) is 4.25. The Bertz CT molecular complexity index is 1020. The van der Waals surface area contributed by atoms with E-state index in [1.54, 1.807) is 12.1 Å². The molecule has 31 heavy (non-hydrogen) atoms. The van der Waals surface area contributed by atoms with Crippen LogP contribution in [0, 0.1) is 5.82 Å². The van der Waals surface area contributed by atoms with E-state index in [0.29, 0.717) is 5.56 Å². The molecule has 0 spiro atoms. The molecular formula is C23H25FN2O5. The Balaban J connectivity index is 2.20. The number of amides is 1. The van der Waals surface area contributed by atoms with E-state index in [1.165, 1.54) is 31.3 Å². The molecule has 1 saturated heterocycles. The minimum Gasteiger partial charge on any atom is -0.507 e. The van der Waals surface area contributed by atoms with Crippen LogP contribution in [0.3, 0.4) is 0 Å². The molecule has 1 aliphatic rings. The maximum Gasteiger partial charge on any atom is 0.295 e. The lowest BCUT2D eigenvalue weighted by Gasteiger charge is -2.25. The first-order valence-corrected chi connectivity index (χ1v) is 9.68. The van der Waals surface area contributed by atoms with E-state index in [9.17, 15) is 19.1 Å². The minimum atomic E-state index is -0.848. The average molecular weight is 428 g/mol. The van der Waals surface area contributed by atoms with Gasteiger partial charge in [-0.05, 0) is 35.9 Å². The molecule has 1 aliphatic heterocycles. The maximum absolute atomic E-state index is 13.9. The quantitative estimate of drug-likeness (QED) is 0.415. The van der Waals surface area contributed by atoms with Gasteiger partial charge in [-0.15, -0.1) is 0 Å². The summed E-state index contributed by atoms with van der Waals surface area (Å²) in [5.74, 6) is -2.51. The average Bonchev–Trinajstić information content (AvgIpc) is 3.01. The van der Waals surface area contributed by atoms with Gasteiger partial charge in [-0.25, -0.2) is 4.39 Å². The van der Waals surface area contributed by atoms with Crippen LogP contribution < -0.4 is 9.64 Å². The second-order valence-corrected chi connectivity index (χ2v) is 7.32. The number of anilines is 1. The Morgan fingerprint density at radius 2 is 1.81 bits per heavy atom. The number of likely N-dealkylation sites (tertiary alicyclic amines) is 1. The summed E-state index contributed by atoms with van der Waals surface area (Å²) in [7, 11) is 6.67. The maximum atomic E-state index is 13.9. The second kappa shape index (κ2) is 9.18. The van der Waals surface area contributed by atoms with Crippen molar-refractivity contribution >= 4 is 23.1 Å². The zero-order valence-electron chi connectivity index (χ0n) is 17.9. The molecule has 1 fully saturated rings. The van der Waals surface area contributed by atoms with Gasteiger partial charge < -0.3 is 24.4 Å². The number of Topliss-reactive ketones (excluding diaryl/α,β-unsaturated/α-hetero) is 1. The fourth-order valence-electron chi connectivity index (χ4n) is 3.61. The van der Waals surface area contributed by atoms with Gasteiger partial charge in [0.25, 0.3) is 11.7 Å². The number of ether oxygens (including phenoxy) is 2. The fourth-order valence-corrected chi connectivity index (χ4v) is 3.61. The highest BCUT2D eigenvalue weighted by Gasteiger charge is 2.46. The van der Waals surface area contributed by atoms with E-state index in [0.717, 1.165) is 11.8 Å². The number of halogens is 1. The number of aliphatic hydroxyl groups excluding tert-OH is 1. The summed E-state index contributed by atoms with van der Waals surface area (Å²) < 4.78 is 24.2. The van der Waals surface area contributed by atoms with Crippen molar-refractivity contribution in [3.05, 3.63) is 65.0 Å². The minimum absolute atomic E-state index is 0.00199. The van der Waals surface area contributed by atoms with Crippen LogP contribution in [-0.2, 0) is 14.3 Å². The number of carbonyl (C=O) groups excluding carboxylic acids is 2. The molecule has 1 atom stereocenters. The van der Waals surface area contributed by atoms with Crippen LogP contribution in [0.1, 0.15) is 17.2 Å². The molecule has 7 nitrogen and oxygen atoms in total. The molecule has 1 heterocycles. The summed E-state index contributed by atoms with van der Waals surface area (Å²) in [6.07, 6.45) is 0. The van der Waals surface area contributed by atoms with Crippen molar-refractivity contribution < 1.29 is 28.6 Å². The van der Waals surface area contributed by atoms with E-state index in [1.807, 2.05) is 31.1 Å². The molecule has 2 aromatic rings. The predicted molar refractivity (Wildman–Crippen MR) is 115 cm³/mol. The molecule has 0 radical (unpaired) electrons. The van der Waals surface area contributed by atoms with Gasteiger partial charge in [-0.2, -0.15) is 0 Å². The number of carbonyl (C=O) groups is 2. The van der Waals surface area contributed by atoms with E-state index < -0.39 is 29.3 Å². The molecule has 0 saturated carbocycles. The molecule has 0 bridgehead atoms. The number of benzene rings is 2. The SMILES string of the molecule is COCCN1C(=O)C(=O)/C(=C(/O)c2cc(F)ccc2OC)C1c1ccc(N(C)C)cc1. The summed E-state index contributed by atoms with van der Waals surface area (Å²) in [6, 6.07) is 10.1. The highest BCUT2D eigenvalue weighted by Crippen LogP contribution is 2.41. The third-order valence-electron chi connectivity index (χ3n) is 5.22. The molecule has 0 aromatic heterocycles. The van der Waals surface area contributed by atoms with Gasteiger partial charge in [0.2, 0.25) is 0 Å². The van der Waals surface area contributed by atoms with Gasteiger partial charge in [0, 0.05) is 33.4 Å². The lowest BCUT2D eigenvalue weighted by molar-refractivity contribution is -0.140. The predicted octanol–water partition coefficient (Wildman–Crippen LogP) is 2.97. The Morgan fingerprint density at radius 1 is 1.13 bits per heavy atom. The van der Waals surface area contributed by atoms with E-state index in [-0.39, 0.29) is 30.0 Å². The molecule has 2 aromatic carbocycles. The molecule has 164 valence electrons. The number of hydrogen-bond acceptors (Lipinski definition) is 6. The van der Waals surface area contributed by atoms with Gasteiger partial charge in [0.1, 0.15) is 17.3 Å².